The van der Waals surface area contributed by atoms with E-state index in [1.807, 2.05) is 35.2 Å². The van der Waals surface area contributed by atoms with Crippen molar-refractivity contribution in [2.75, 3.05) is 13.1 Å². The van der Waals surface area contributed by atoms with Gasteiger partial charge in [-0.3, -0.25) is 14.6 Å². The van der Waals surface area contributed by atoms with Gasteiger partial charge in [0.05, 0.1) is 5.41 Å². The van der Waals surface area contributed by atoms with Gasteiger partial charge in [-0.15, -0.1) is 0 Å². The number of carbonyl (C=O) groups is 2. The molecule has 1 N–H and O–H groups in total. The lowest BCUT2D eigenvalue weighted by atomic mass is 9.74. The van der Waals surface area contributed by atoms with E-state index in [2.05, 4.69) is 36.3 Å². The van der Waals surface area contributed by atoms with Gasteiger partial charge in [-0.05, 0) is 42.9 Å². The molecule has 5 nitrogen and oxygen atoms in total. The maximum atomic E-state index is 13.5. The molecular formula is C24H31N3O2. The molecule has 1 aromatic heterocycles. The van der Waals surface area contributed by atoms with Gasteiger partial charge in [0.1, 0.15) is 0 Å². The molecule has 0 radical (unpaired) electrons. The number of benzene rings is 1. The van der Waals surface area contributed by atoms with Gasteiger partial charge in [-0.2, -0.15) is 0 Å². The van der Waals surface area contributed by atoms with Crippen LogP contribution in [0.15, 0.2) is 54.9 Å². The summed E-state index contributed by atoms with van der Waals surface area (Å²) >= 11 is 0. The van der Waals surface area contributed by atoms with Gasteiger partial charge in [0.15, 0.2) is 0 Å². The second-order valence-corrected chi connectivity index (χ2v) is 7.80. The first-order chi connectivity index (χ1) is 14.1. The zero-order valence-corrected chi connectivity index (χ0v) is 17.4. The summed E-state index contributed by atoms with van der Waals surface area (Å²) < 4.78 is 0. The van der Waals surface area contributed by atoms with E-state index in [0.29, 0.717) is 32.5 Å². The SMILES string of the molecule is CCC(CC)(C(=O)N1CCC(C(=O)NCc2cccnc2)CC1)c1ccccc1. The molecule has 2 amide bonds. The van der Waals surface area contributed by atoms with Crippen molar-refractivity contribution in [3.8, 4) is 0 Å². The molecule has 1 aliphatic heterocycles. The third-order valence-corrected chi connectivity index (χ3v) is 6.29. The Morgan fingerprint density at radius 2 is 1.76 bits per heavy atom. The number of nitrogens with zero attached hydrogens (tertiary/aromatic N) is 2. The van der Waals surface area contributed by atoms with E-state index < -0.39 is 5.41 Å². The van der Waals surface area contributed by atoms with E-state index in [1.54, 1.807) is 12.4 Å². The Kier molecular flexibility index (Phi) is 7.02. The number of nitrogens with one attached hydrogen (secondary N) is 1. The van der Waals surface area contributed by atoms with Crippen molar-refractivity contribution in [3.05, 3.63) is 66.0 Å². The van der Waals surface area contributed by atoms with E-state index in [0.717, 1.165) is 24.0 Å². The largest absolute Gasteiger partial charge is 0.352 e. The monoisotopic (exact) mass is 393 g/mol. The van der Waals surface area contributed by atoms with E-state index in [1.165, 1.54) is 0 Å². The molecule has 0 spiro atoms. The zero-order valence-electron chi connectivity index (χ0n) is 17.4. The highest BCUT2D eigenvalue weighted by atomic mass is 16.2. The predicted molar refractivity (Wildman–Crippen MR) is 114 cm³/mol. The normalized spacial score (nSPS) is 15.2. The third kappa shape index (κ3) is 4.66. The molecular weight excluding hydrogens is 362 g/mol. The Hall–Kier alpha value is -2.69. The quantitative estimate of drug-likeness (QED) is 0.780. The molecule has 1 aliphatic rings. The molecule has 2 heterocycles. The van der Waals surface area contributed by atoms with Crippen molar-refractivity contribution in [1.29, 1.82) is 0 Å². The van der Waals surface area contributed by atoms with E-state index in [4.69, 9.17) is 0 Å². The fourth-order valence-electron chi connectivity index (χ4n) is 4.33. The maximum Gasteiger partial charge on any atom is 0.233 e. The van der Waals surface area contributed by atoms with Crippen molar-refractivity contribution in [2.24, 2.45) is 5.92 Å². The maximum absolute atomic E-state index is 13.5. The summed E-state index contributed by atoms with van der Waals surface area (Å²) in [5.41, 5.74) is 1.61. The molecule has 1 aromatic carbocycles. The molecule has 0 aliphatic carbocycles. The molecule has 1 saturated heterocycles. The zero-order chi connectivity index (χ0) is 20.7. The first-order valence-corrected chi connectivity index (χ1v) is 10.6. The number of rotatable bonds is 7. The minimum Gasteiger partial charge on any atom is -0.352 e. The summed E-state index contributed by atoms with van der Waals surface area (Å²) in [6, 6.07) is 13.9. The lowest BCUT2D eigenvalue weighted by molar-refractivity contribution is -0.141. The average Bonchev–Trinajstić information content (AvgIpc) is 2.80. The Morgan fingerprint density at radius 3 is 2.34 bits per heavy atom. The number of pyridine rings is 1. The number of aromatic nitrogens is 1. The summed E-state index contributed by atoms with van der Waals surface area (Å²) in [6.45, 7) is 5.95. The molecule has 0 atom stereocenters. The summed E-state index contributed by atoms with van der Waals surface area (Å²) in [5.74, 6) is 0.231. The van der Waals surface area contributed by atoms with Crippen LogP contribution in [-0.2, 0) is 21.5 Å². The topological polar surface area (TPSA) is 62.3 Å². The Labute approximate surface area is 173 Å². The number of carbonyl (C=O) groups excluding carboxylic acids is 2. The van der Waals surface area contributed by atoms with Crippen LogP contribution in [0.1, 0.15) is 50.7 Å². The standard InChI is InChI=1S/C24H31N3O2/c1-3-24(4-2,21-10-6-5-7-11-21)23(29)27-15-12-20(13-16-27)22(28)26-18-19-9-8-14-25-17-19/h5-11,14,17,20H,3-4,12-13,15-16,18H2,1-2H3,(H,26,28). The minimum atomic E-state index is -0.476. The molecule has 1 fully saturated rings. The number of hydrogen-bond acceptors (Lipinski definition) is 3. The third-order valence-electron chi connectivity index (χ3n) is 6.29. The molecule has 2 aromatic rings. The number of amides is 2. The Balaban J connectivity index is 1.59. The van der Waals surface area contributed by atoms with E-state index in [9.17, 15) is 9.59 Å². The molecule has 0 unspecified atom stereocenters. The van der Waals surface area contributed by atoms with Crippen LogP contribution in [0.5, 0.6) is 0 Å². The molecule has 5 heteroatoms. The van der Waals surface area contributed by atoms with Crippen LogP contribution in [0.3, 0.4) is 0 Å². The molecule has 29 heavy (non-hydrogen) atoms. The summed E-state index contributed by atoms with van der Waals surface area (Å²) in [5, 5.41) is 3.01. The van der Waals surface area contributed by atoms with Crippen LogP contribution in [-0.4, -0.2) is 34.8 Å². The van der Waals surface area contributed by atoms with Crippen LogP contribution in [0.25, 0.3) is 0 Å². The number of hydrogen-bond donors (Lipinski definition) is 1. The predicted octanol–water partition coefficient (Wildman–Crippen LogP) is 3.69. The second kappa shape index (κ2) is 9.68. The first kappa shape index (κ1) is 21.0. The van der Waals surface area contributed by atoms with Crippen molar-refractivity contribution >= 4 is 11.8 Å². The van der Waals surface area contributed by atoms with Crippen molar-refractivity contribution < 1.29 is 9.59 Å². The van der Waals surface area contributed by atoms with E-state index >= 15 is 0 Å². The average molecular weight is 394 g/mol. The van der Waals surface area contributed by atoms with Crippen molar-refractivity contribution in [3.63, 3.8) is 0 Å². The molecule has 0 saturated carbocycles. The molecule has 0 bridgehead atoms. The highest BCUT2D eigenvalue weighted by molar-refractivity contribution is 5.88. The second-order valence-electron chi connectivity index (χ2n) is 7.80. The van der Waals surface area contributed by atoms with Crippen LogP contribution >= 0.6 is 0 Å². The summed E-state index contributed by atoms with van der Waals surface area (Å²) in [6.07, 6.45) is 6.46. The van der Waals surface area contributed by atoms with Crippen LogP contribution in [0.4, 0.5) is 0 Å². The summed E-state index contributed by atoms with van der Waals surface area (Å²) in [7, 11) is 0. The number of likely N-dealkylation sites (tertiary alicyclic amines) is 1. The molecule has 3 rings (SSSR count). The number of piperidine rings is 1. The summed E-state index contributed by atoms with van der Waals surface area (Å²) in [4.78, 5) is 32.1. The lowest BCUT2D eigenvalue weighted by Gasteiger charge is -2.39. The van der Waals surface area contributed by atoms with Crippen molar-refractivity contribution in [2.45, 2.75) is 51.5 Å². The fourth-order valence-corrected chi connectivity index (χ4v) is 4.33. The van der Waals surface area contributed by atoms with Gasteiger partial charge in [-0.25, -0.2) is 0 Å². The Bertz CT molecular complexity index is 795. The lowest BCUT2D eigenvalue weighted by Crippen LogP contribution is -2.50. The van der Waals surface area contributed by atoms with Gasteiger partial charge >= 0.3 is 0 Å². The highest BCUT2D eigenvalue weighted by Crippen LogP contribution is 2.35. The smallest absolute Gasteiger partial charge is 0.233 e. The van der Waals surface area contributed by atoms with Gasteiger partial charge in [0, 0.05) is 37.9 Å². The molecule has 154 valence electrons. The Morgan fingerprint density at radius 1 is 1.07 bits per heavy atom. The van der Waals surface area contributed by atoms with Crippen LogP contribution < -0.4 is 5.32 Å². The van der Waals surface area contributed by atoms with Crippen molar-refractivity contribution in [1.82, 2.24) is 15.2 Å². The van der Waals surface area contributed by atoms with E-state index in [-0.39, 0.29) is 17.7 Å². The minimum absolute atomic E-state index is 0.0369. The van der Waals surface area contributed by atoms with Gasteiger partial charge in [0.25, 0.3) is 0 Å². The van der Waals surface area contributed by atoms with Crippen LogP contribution in [0.2, 0.25) is 0 Å². The van der Waals surface area contributed by atoms with Gasteiger partial charge in [-0.1, -0.05) is 50.2 Å². The highest BCUT2D eigenvalue weighted by Gasteiger charge is 2.41. The van der Waals surface area contributed by atoms with Gasteiger partial charge in [0.2, 0.25) is 11.8 Å². The van der Waals surface area contributed by atoms with Crippen LogP contribution in [0, 0.1) is 5.92 Å². The first-order valence-electron chi connectivity index (χ1n) is 10.6. The fraction of sp³-hybridized carbons (Fsp3) is 0.458. The van der Waals surface area contributed by atoms with Gasteiger partial charge < -0.3 is 10.2 Å².